The van der Waals surface area contributed by atoms with E-state index in [1.807, 2.05) is 19.1 Å². The number of unbranched alkanes of at least 4 members (excludes halogenated alkanes) is 3. The van der Waals surface area contributed by atoms with Gasteiger partial charge in [-0.2, -0.15) is 0 Å². The molecule has 3 saturated heterocycles. The molecule has 4 rings (SSSR count). The van der Waals surface area contributed by atoms with E-state index in [0.29, 0.717) is 36.6 Å². The van der Waals surface area contributed by atoms with E-state index in [4.69, 9.17) is 16.7 Å². The summed E-state index contributed by atoms with van der Waals surface area (Å²) in [4.78, 5) is 47.6. The van der Waals surface area contributed by atoms with Crippen molar-refractivity contribution in [2.24, 2.45) is 11.8 Å². The normalized spacial score (nSPS) is 27.0. The molecule has 0 radical (unpaired) electrons. The number of likely N-dealkylation sites (tertiary alicyclic amines) is 1. The zero-order chi connectivity index (χ0) is 28.3. The minimum Gasteiger partial charge on any atom is -0.396 e. The van der Waals surface area contributed by atoms with Crippen LogP contribution in [0.4, 0.5) is 5.69 Å². The van der Waals surface area contributed by atoms with Crippen molar-refractivity contribution in [1.82, 2.24) is 9.80 Å². The molecule has 9 heteroatoms. The van der Waals surface area contributed by atoms with Gasteiger partial charge in [-0.3, -0.25) is 14.4 Å². The summed E-state index contributed by atoms with van der Waals surface area (Å²) in [6, 6.07) is 4.85. The van der Waals surface area contributed by atoms with Crippen LogP contribution in [0.1, 0.15) is 44.1 Å². The number of amides is 3. The molecule has 3 aliphatic rings. The van der Waals surface area contributed by atoms with E-state index in [1.54, 1.807) is 51.7 Å². The van der Waals surface area contributed by atoms with Gasteiger partial charge in [0.05, 0.1) is 27.3 Å². The van der Waals surface area contributed by atoms with Gasteiger partial charge in [0.15, 0.2) is 0 Å². The fourth-order valence-electron chi connectivity index (χ4n) is 6.77. The quantitative estimate of drug-likeness (QED) is 0.278. The molecule has 39 heavy (non-hydrogen) atoms. The smallest absolute Gasteiger partial charge is 0.251 e. The lowest BCUT2D eigenvalue weighted by Gasteiger charge is -2.38. The van der Waals surface area contributed by atoms with Gasteiger partial charge in [-0.05, 0) is 44.2 Å². The third-order valence-electron chi connectivity index (χ3n) is 8.44. The van der Waals surface area contributed by atoms with Crippen LogP contribution in [-0.4, -0.2) is 82.0 Å². The molecule has 0 aliphatic carbocycles. The summed E-state index contributed by atoms with van der Waals surface area (Å²) in [5, 5.41) is 9.65. The number of likely N-dealkylation sites (N-methyl/N-ethyl adjacent to an activating group) is 1. The third-order valence-corrected chi connectivity index (χ3v) is 10.7. The molecular formula is C30H40ClN3O4S. The second kappa shape index (κ2) is 12.5. The van der Waals surface area contributed by atoms with Gasteiger partial charge in [0, 0.05) is 38.5 Å². The number of rotatable bonds is 13. The highest BCUT2D eigenvalue weighted by Crippen LogP contribution is 2.66. The number of carbonyl (C=O) groups is 3. The standard InChI is InChI=1S/C30H40ClN3O4S/c1-5-16-32(4)27(36)23-22-14-15-30(39-22)24(23)28(37)34(18-9-7-8-10-19-35)26(30)29(38)33(17-6-2)25-20(3)12-11-13-21(25)31/h5-6,11-13,22-24,26,35H,1-2,7-10,14-19H2,3-4H3/t22-,23+,24+,26?,30?/m1/s1. The first-order valence-electron chi connectivity index (χ1n) is 13.9. The number of aliphatic hydroxyl groups excluding tert-OH is 1. The van der Waals surface area contributed by atoms with E-state index >= 15 is 0 Å². The number of hydrogen-bond acceptors (Lipinski definition) is 5. The van der Waals surface area contributed by atoms with E-state index in [9.17, 15) is 14.4 Å². The van der Waals surface area contributed by atoms with Crippen LogP contribution in [0.25, 0.3) is 0 Å². The number of thioether (sulfide) groups is 1. The molecule has 3 fully saturated rings. The van der Waals surface area contributed by atoms with Gasteiger partial charge in [0.2, 0.25) is 11.8 Å². The van der Waals surface area contributed by atoms with Crippen molar-refractivity contribution in [2.45, 2.75) is 61.5 Å². The Morgan fingerprint density at radius 1 is 1.18 bits per heavy atom. The lowest BCUT2D eigenvalue weighted by atomic mass is 9.70. The second-order valence-electron chi connectivity index (χ2n) is 10.9. The number of carbonyl (C=O) groups excluding carboxylic acids is 3. The Kier molecular flexibility index (Phi) is 9.50. The van der Waals surface area contributed by atoms with Crippen molar-refractivity contribution in [2.75, 3.05) is 38.2 Å². The van der Waals surface area contributed by atoms with Crippen LogP contribution >= 0.6 is 23.4 Å². The zero-order valence-corrected chi connectivity index (χ0v) is 24.6. The Bertz CT molecular complexity index is 1110. The lowest BCUT2D eigenvalue weighted by Crippen LogP contribution is -2.55. The molecule has 1 N–H and O–H groups in total. The van der Waals surface area contributed by atoms with Crippen LogP contribution in [0.5, 0.6) is 0 Å². The predicted molar refractivity (Wildman–Crippen MR) is 158 cm³/mol. The summed E-state index contributed by atoms with van der Waals surface area (Å²) >= 11 is 8.31. The Balaban J connectivity index is 1.74. The molecule has 0 saturated carbocycles. The summed E-state index contributed by atoms with van der Waals surface area (Å²) in [7, 11) is 1.75. The molecular weight excluding hydrogens is 534 g/mol. The predicted octanol–water partition coefficient (Wildman–Crippen LogP) is 4.46. The van der Waals surface area contributed by atoms with Crippen molar-refractivity contribution in [3.05, 3.63) is 54.1 Å². The van der Waals surface area contributed by atoms with E-state index in [0.717, 1.165) is 31.2 Å². The van der Waals surface area contributed by atoms with Crippen molar-refractivity contribution < 1.29 is 19.5 Å². The van der Waals surface area contributed by atoms with Gasteiger partial charge in [0.1, 0.15) is 6.04 Å². The van der Waals surface area contributed by atoms with Crippen LogP contribution in [0.3, 0.4) is 0 Å². The molecule has 7 nitrogen and oxygen atoms in total. The maximum atomic E-state index is 14.6. The Hall–Kier alpha value is -2.29. The first kappa shape index (κ1) is 29.7. The number of aliphatic hydroxyl groups is 1. The Morgan fingerprint density at radius 2 is 1.90 bits per heavy atom. The van der Waals surface area contributed by atoms with Gasteiger partial charge in [0.25, 0.3) is 5.91 Å². The molecule has 212 valence electrons. The van der Waals surface area contributed by atoms with Crippen LogP contribution in [0.2, 0.25) is 5.02 Å². The van der Waals surface area contributed by atoms with Crippen LogP contribution in [0, 0.1) is 18.8 Å². The number of benzene rings is 1. The number of anilines is 1. The maximum absolute atomic E-state index is 14.6. The number of halogens is 1. The number of aryl methyl sites for hydroxylation is 1. The Labute approximate surface area is 241 Å². The topological polar surface area (TPSA) is 81.2 Å². The van der Waals surface area contributed by atoms with Gasteiger partial charge < -0.3 is 19.8 Å². The number of fused-ring (bicyclic) bond motifs is 1. The average molecular weight is 574 g/mol. The van der Waals surface area contributed by atoms with E-state index in [1.165, 1.54) is 0 Å². The third kappa shape index (κ3) is 5.27. The highest BCUT2D eigenvalue weighted by atomic mass is 35.5. The Morgan fingerprint density at radius 3 is 2.56 bits per heavy atom. The van der Waals surface area contributed by atoms with E-state index < -0.39 is 22.6 Å². The molecule has 1 aromatic carbocycles. The molecule has 3 heterocycles. The number of para-hydroxylation sites is 1. The van der Waals surface area contributed by atoms with Crippen molar-refractivity contribution in [1.29, 1.82) is 0 Å². The van der Waals surface area contributed by atoms with E-state index in [-0.39, 0.29) is 36.1 Å². The highest BCUT2D eigenvalue weighted by molar-refractivity contribution is 8.02. The fraction of sp³-hybridized carbons (Fsp3) is 0.567. The van der Waals surface area contributed by atoms with Gasteiger partial charge in [-0.15, -0.1) is 24.9 Å². The molecule has 3 amide bonds. The molecule has 0 aromatic heterocycles. The zero-order valence-electron chi connectivity index (χ0n) is 23.0. The molecule has 1 aromatic rings. The largest absolute Gasteiger partial charge is 0.396 e. The van der Waals surface area contributed by atoms with Gasteiger partial charge in [-0.1, -0.05) is 48.7 Å². The minimum absolute atomic E-state index is 0.00984. The fourth-order valence-corrected chi connectivity index (χ4v) is 9.30. The van der Waals surface area contributed by atoms with Crippen LogP contribution in [0.15, 0.2) is 43.5 Å². The van der Waals surface area contributed by atoms with Crippen LogP contribution < -0.4 is 4.90 Å². The summed E-state index contributed by atoms with van der Waals surface area (Å²) in [6.07, 6.45) is 8.04. The maximum Gasteiger partial charge on any atom is 0.251 e. The monoisotopic (exact) mass is 573 g/mol. The molecule has 2 unspecified atom stereocenters. The molecule has 2 bridgehead atoms. The van der Waals surface area contributed by atoms with Gasteiger partial charge in [-0.25, -0.2) is 0 Å². The van der Waals surface area contributed by atoms with Crippen molar-refractivity contribution in [3.8, 4) is 0 Å². The highest BCUT2D eigenvalue weighted by Gasteiger charge is 2.74. The van der Waals surface area contributed by atoms with Crippen molar-refractivity contribution in [3.63, 3.8) is 0 Å². The molecule has 5 atom stereocenters. The van der Waals surface area contributed by atoms with Gasteiger partial charge >= 0.3 is 0 Å². The lowest BCUT2D eigenvalue weighted by molar-refractivity contribution is -0.143. The van der Waals surface area contributed by atoms with Crippen LogP contribution in [-0.2, 0) is 14.4 Å². The summed E-state index contributed by atoms with van der Waals surface area (Å²) in [6.45, 7) is 10.8. The SMILES string of the molecule is C=CCN(C)C(=O)[C@@H]1[C@H]2C(=O)N(CCCCCCO)C(C(=O)N(CC=C)c3c(C)cccc3Cl)C23CC[C@H]1S3. The van der Waals surface area contributed by atoms with Crippen molar-refractivity contribution >= 4 is 46.8 Å². The van der Waals surface area contributed by atoms with E-state index in [2.05, 4.69) is 13.2 Å². The first-order valence-corrected chi connectivity index (χ1v) is 15.1. The molecule has 1 spiro atoms. The second-order valence-corrected chi connectivity index (χ2v) is 12.9. The number of hydrogen-bond donors (Lipinski definition) is 1. The summed E-state index contributed by atoms with van der Waals surface area (Å²) in [5.41, 5.74) is 1.50. The number of nitrogens with zero attached hydrogens (tertiary/aromatic N) is 3. The first-order chi connectivity index (χ1) is 18.7. The summed E-state index contributed by atoms with van der Waals surface area (Å²) < 4.78 is -0.659. The molecule has 3 aliphatic heterocycles. The minimum atomic E-state index is -0.694. The summed E-state index contributed by atoms with van der Waals surface area (Å²) in [5.74, 6) is -1.30. The average Bonchev–Trinajstić information content (AvgIpc) is 3.55.